The molecule has 0 aliphatic carbocycles. The maximum absolute atomic E-state index is 12.9. The summed E-state index contributed by atoms with van der Waals surface area (Å²) in [7, 11) is 1.81. The Morgan fingerprint density at radius 2 is 1.93 bits per heavy atom. The van der Waals surface area contributed by atoms with Gasteiger partial charge in [0.2, 0.25) is 5.88 Å². The number of carbonyl (C=O) groups is 1. The van der Waals surface area contributed by atoms with Crippen molar-refractivity contribution in [2.75, 3.05) is 33.3 Å². The Balaban J connectivity index is 1.44. The quantitative estimate of drug-likeness (QED) is 0.655. The maximum atomic E-state index is 12.9. The average Bonchev–Trinajstić information content (AvgIpc) is 3.20. The second-order valence-electron chi connectivity index (χ2n) is 7.76. The predicted octanol–water partition coefficient (Wildman–Crippen LogP) is 2.88. The fourth-order valence-electron chi connectivity index (χ4n) is 3.89. The molecule has 0 radical (unpaired) electrons. The number of pyridine rings is 1. The van der Waals surface area contributed by atoms with Gasteiger partial charge in [0.25, 0.3) is 5.91 Å². The normalized spacial score (nSPS) is 17.7. The van der Waals surface area contributed by atoms with E-state index in [0.29, 0.717) is 19.0 Å². The van der Waals surface area contributed by atoms with Gasteiger partial charge >= 0.3 is 0 Å². The van der Waals surface area contributed by atoms with Crippen molar-refractivity contribution in [1.29, 1.82) is 0 Å². The lowest BCUT2D eigenvalue weighted by atomic mass is 10.0. The minimum Gasteiger partial charge on any atom is -0.468 e. The van der Waals surface area contributed by atoms with E-state index in [1.807, 2.05) is 67.7 Å². The average molecular weight is 405 g/mol. The van der Waals surface area contributed by atoms with E-state index in [0.717, 1.165) is 29.4 Å². The number of rotatable bonds is 7. The molecule has 1 amide bonds. The van der Waals surface area contributed by atoms with Crippen molar-refractivity contribution in [3.63, 3.8) is 0 Å². The van der Waals surface area contributed by atoms with Gasteiger partial charge in [0, 0.05) is 38.1 Å². The van der Waals surface area contributed by atoms with Crippen LogP contribution in [0.25, 0.3) is 10.9 Å². The first-order valence-corrected chi connectivity index (χ1v) is 10.3. The highest BCUT2D eigenvalue weighted by Crippen LogP contribution is 2.23. The molecule has 0 spiro atoms. The predicted molar refractivity (Wildman–Crippen MR) is 116 cm³/mol. The molecule has 0 saturated carbocycles. The molecule has 1 aliphatic rings. The molecule has 1 fully saturated rings. The molecule has 2 heterocycles. The standard InChI is InChI=1S/C24H27N3O3/c1-26(22(19-8-3-2-4-9-19)16-27-14-13-20(28)15-27)24(29)17-30-23-12-11-18-7-5-6-10-21(18)25-23/h2-12,20,22,28H,13-17H2,1H3/t20-,22+/m0/s1. The smallest absolute Gasteiger partial charge is 0.260 e. The van der Waals surface area contributed by atoms with Crippen LogP contribution in [0.4, 0.5) is 0 Å². The van der Waals surface area contributed by atoms with Crippen LogP contribution in [0.3, 0.4) is 0 Å². The van der Waals surface area contributed by atoms with E-state index in [-0.39, 0.29) is 24.7 Å². The summed E-state index contributed by atoms with van der Waals surface area (Å²) in [4.78, 5) is 21.4. The number of hydrogen-bond acceptors (Lipinski definition) is 5. The van der Waals surface area contributed by atoms with Crippen molar-refractivity contribution in [2.45, 2.75) is 18.6 Å². The molecule has 1 saturated heterocycles. The molecular formula is C24H27N3O3. The van der Waals surface area contributed by atoms with Gasteiger partial charge in [-0.2, -0.15) is 0 Å². The molecule has 1 N–H and O–H groups in total. The van der Waals surface area contributed by atoms with Crippen LogP contribution in [0.5, 0.6) is 5.88 Å². The first kappa shape index (κ1) is 20.3. The van der Waals surface area contributed by atoms with Gasteiger partial charge in [-0.3, -0.25) is 9.69 Å². The van der Waals surface area contributed by atoms with Crippen LogP contribution in [-0.4, -0.2) is 65.2 Å². The SMILES string of the molecule is CN(C(=O)COc1ccc2ccccc2n1)[C@H](CN1CC[C@H](O)C1)c1ccccc1. The molecule has 1 aliphatic heterocycles. The van der Waals surface area contributed by atoms with Gasteiger partial charge in [0.15, 0.2) is 6.61 Å². The highest BCUT2D eigenvalue weighted by atomic mass is 16.5. The fourth-order valence-corrected chi connectivity index (χ4v) is 3.89. The van der Waals surface area contributed by atoms with Gasteiger partial charge in [-0.05, 0) is 24.1 Å². The number of aliphatic hydroxyl groups is 1. The number of aliphatic hydroxyl groups excluding tert-OH is 1. The van der Waals surface area contributed by atoms with E-state index in [2.05, 4.69) is 9.88 Å². The Kier molecular flexibility index (Phi) is 6.26. The van der Waals surface area contributed by atoms with Crippen LogP contribution in [-0.2, 0) is 4.79 Å². The van der Waals surface area contributed by atoms with Crippen molar-refractivity contribution < 1.29 is 14.6 Å². The molecule has 0 unspecified atom stereocenters. The zero-order valence-corrected chi connectivity index (χ0v) is 17.1. The number of para-hydroxylation sites is 1. The summed E-state index contributed by atoms with van der Waals surface area (Å²) >= 11 is 0. The van der Waals surface area contributed by atoms with Crippen LogP contribution in [0, 0.1) is 0 Å². The number of likely N-dealkylation sites (N-methyl/N-ethyl adjacent to an activating group) is 1. The lowest BCUT2D eigenvalue weighted by molar-refractivity contribution is -0.134. The number of aromatic nitrogens is 1. The number of amides is 1. The minimum atomic E-state index is -0.287. The Morgan fingerprint density at radius 3 is 2.70 bits per heavy atom. The highest BCUT2D eigenvalue weighted by molar-refractivity contribution is 5.79. The first-order chi connectivity index (χ1) is 14.6. The maximum Gasteiger partial charge on any atom is 0.260 e. The van der Waals surface area contributed by atoms with Gasteiger partial charge < -0.3 is 14.7 Å². The van der Waals surface area contributed by atoms with Crippen molar-refractivity contribution in [2.24, 2.45) is 0 Å². The molecule has 4 rings (SSSR count). The molecule has 6 nitrogen and oxygen atoms in total. The van der Waals surface area contributed by atoms with Gasteiger partial charge in [-0.25, -0.2) is 4.98 Å². The number of hydrogen-bond donors (Lipinski definition) is 1. The third-order valence-electron chi connectivity index (χ3n) is 5.64. The number of ether oxygens (including phenoxy) is 1. The van der Waals surface area contributed by atoms with Crippen LogP contribution in [0.1, 0.15) is 18.0 Å². The van der Waals surface area contributed by atoms with Crippen molar-refractivity contribution in [1.82, 2.24) is 14.8 Å². The molecule has 0 bridgehead atoms. The molecular weight excluding hydrogens is 378 g/mol. The molecule has 1 aromatic heterocycles. The largest absolute Gasteiger partial charge is 0.468 e. The topological polar surface area (TPSA) is 65.9 Å². The summed E-state index contributed by atoms with van der Waals surface area (Å²) in [6, 6.07) is 21.4. The molecule has 2 aromatic carbocycles. The Morgan fingerprint density at radius 1 is 1.17 bits per heavy atom. The van der Waals surface area contributed by atoms with Crippen LogP contribution < -0.4 is 4.74 Å². The second kappa shape index (κ2) is 9.24. The molecule has 30 heavy (non-hydrogen) atoms. The summed E-state index contributed by atoms with van der Waals surface area (Å²) in [5.74, 6) is 0.327. The second-order valence-corrected chi connectivity index (χ2v) is 7.76. The summed E-state index contributed by atoms with van der Waals surface area (Å²) in [6.07, 6.45) is 0.486. The fraction of sp³-hybridized carbons (Fsp3) is 0.333. The monoisotopic (exact) mass is 405 g/mol. The van der Waals surface area contributed by atoms with Crippen LogP contribution in [0.15, 0.2) is 66.7 Å². The molecule has 3 aromatic rings. The Hall–Kier alpha value is -2.96. The third-order valence-corrected chi connectivity index (χ3v) is 5.64. The summed E-state index contributed by atoms with van der Waals surface area (Å²) in [5, 5.41) is 10.9. The van der Waals surface area contributed by atoms with Gasteiger partial charge in [-0.1, -0.05) is 48.5 Å². The van der Waals surface area contributed by atoms with Crippen molar-refractivity contribution in [3.8, 4) is 5.88 Å². The number of likely N-dealkylation sites (tertiary alicyclic amines) is 1. The number of carbonyl (C=O) groups excluding carboxylic acids is 1. The lowest BCUT2D eigenvalue weighted by Crippen LogP contribution is -2.40. The van der Waals surface area contributed by atoms with E-state index in [4.69, 9.17) is 4.74 Å². The zero-order valence-electron chi connectivity index (χ0n) is 17.1. The Bertz CT molecular complexity index is 995. The van der Waals surface area contributed by atoms with Gasteiger partial charge in [0.05, 0.1) is 17.7 Å². The van der Waals surface area contributed by atoms with Gasteiger partial charge in [0.1, 0.15) is 0 Å². The lowest BCUT2D eigenvalue weighted by Gasteiger charge is -2.32. The number of β-amino-alcohol motifs (C(OH)–C–C–N with tert-alkyl or cyclic N) is 1. The van der Waals surface area contributed by atoms with Crippen molar-refractivity contribution in [3.05, 3.63) is 72.3 Å². The van der Waals surface area contributed by atoms with Crippen LogP contribution in [0.2, 0.25) is 0 Å². The molecule has 6 heteroatoms. The third kappa shape index (κ3) is 4.78. The van der Waals surface area contributed by atoms with E-state index in [1.54, 1.807) is 11.0 Å². The van der Waals surface area contributed by atoms with Gasteiger partial charge in [-0.15, -0.1) is 0 Å². The summed E-state index contributed by atoms with van der Waals surface area (Å²) in [6.45, 7) is 2.08. The van der Waals surface area contributed by atoms with E-state index in [9.17, 15) is 9.90 Å². The number of nitrogens with zero attached hydrogens (tertiary/aromatic N) is 3. The summed E-state index contributed by atoms with van der Waals surface area (Å²) in [5.41, 5.74) is 1.91. The van der Waals surface area contributed by atoms with E-state index in [1.165, 1.54) is 0 Å². The molecule has 156 valence electrons. The van der Waals surface area contributed by atoms with E-state index >= 15 is 0 Å². The first-order valence-electron chi connectivity index (χ1n) is 10.3. The highest BCUT2D eigenvalue weighted by Gasteiger charge is 2.28. The van der Waals surface area contributed by atoms with E-state index < -0.39 is 0 Å². The zero-order chi connectivity index (χ0) is 20.9. The minimum absolute atomic E-state index is 0.0756. The van der Waals surface area contributed by atoms with Crippen molar-refractivity contribution >= 4 is 16.8 Å². The molecule has 2 atom stereocenters. The Labute approximate surface area is 176 Å². The number of benzene rings is 2. The summed E-state index contributed by atoms with van der Waals surface area (Å²) < 4.78 is 5.71. The van der Waals surface area contributed by atoms with Crippen LogP contribution >= 0.6 is 0 Å². The number of fused-ring (bicyclic) bond motifs is 1.